The van der Waals surface area contributed by atoms with E-state index in [0.717, 1.165) is 75.2 Å². The SMILES string of the molecule is C=Cc1c2[n-]c(c1C)/C=C1\[N-]/C(=C3\c4[n-]c(c(C)c4C(=O)[C@@H]3C(=O)OC)/C=c3\[n-]/c(c(C)c3CC)=C\2)[C@@H](CCC(=O)OC/C=C(\C)CCC[C@@H](C)CCC)[C@@H]1C.[Mg+2]. The van der Waals surface area contributed by atoms with Gasteiger partial charge in [0.25, 0.3) is 0 Å². The molecule has 6 rings (SSSR count). The molecule has 0 radical (unpaired) electrons. The molecule has 3 aromatic rings. The number of rotatable bonds is 14. The van der Waals surface area contributed by atoms with Gasteiger partial charge in [-0.05, 0) is 82.8 Å². The van der Waals surface area contributed by atoms with Crippen LogP contribution in [0.25, 0.3) is 35.2 Å². The van der Waals surface area contributed by atoms with Crippen molar-refractivity contribution in [2.24, 2.45) is 23.7 Å². The van der Waals surface area contributed by atoms with E-state index in [1.54, 1.807) is 0 Å². The zero-order valence-corrected chi connectivity index (χ0v) is 36.7. The number of hydrogen-bond acceptors (Lipinski definition) is 5. The summed E-state index contributed by atoms with van der Waals surface area (Å²) in [5, 5.41) is 6.80. The molecule has 1 saturated heterocycles. The van der Waals surface area contributed by atoms with Crippen LogP contribution >= 0.6 is 0 Å². The van der Waals surface area contributed by atoms with E-state index < -0.39 is 11.9 Å². The molecule has 1 aliphatic carbocycles. The second-order valence-electron chi connectivity index (χ2n) is 15.9. The number of ether oxygens (including phenoxy) is 2. The van der Waals surface area contributed by atoms with Gasteiger partial charge in [-0.3, -0.25) is 14.4 Å². The van der Waals surface area contributed by atoms with Gasteiger partial charge < -0.3 is 29.7 Å². The normalized spacial score (nSPS) is 22.3. The minimum Gasteiger partial charge on any atom is -0.664 e. The van der Waals surface area contributed by atoms with Gasteiger partial charge in [-0.2, -0.15) is 11.4 Å². The smallest absolute Gasteiger partial charge is 0.664 e. The first kappa shape index (κ1) is 43.8. The van der Waals surface area contributed by atoms with Gasteiger partial charge in [0.2, 0.25) is 0 Å². The number of esters is 2. The summed E-state index contributed by atoms with van der Waals surface area (Å²) in [6.07, 6.45) is 16.8. The third-order valence-corrected chi connectivity index (χ3v) is 12.1. The summed E-state index contributed by atoms with van der Waals surface area (Å²) < 4.78 is 10.9. The van der Waals surface area contributed by atoms with E-state index in [1.807, 2.05) is 44.2 Å². The summed E-state index contributed by atoms with van der Waals surface area (Å²) in [5.74, 6) is -2.31. The average Bonchev–Trinajstić information content (AvgIpc) is 3.91. The first-order valence-corrected chi connectivity index (χ1v) is 20.3. The molecule has 3 aromatic heterocycles. The molecular weight excluding hydrogens is 725 g/mol. The average molecular weight is 781 g/mol. The number of Topliss-reactive ketones (excluding diaryl/α,β-unsaturated/α-hetero) is 1. The van der Waals surface area contributed by atoms with Crippen molar-refractivity contribution in [1.82, 2.24) is 15.0 Å². The van der Waals surface area contributed by atoms with Crippen molar-refractivity contribution in [2.75, 3.05) is 13.7 Å². The summed E-state index contributed by atoms with van der Waals surface area (Å²) in [4.78, 5) is 56.2. The van der Waals surface area contributed by atoms with E-state index >= 15 is 0 Å². The van der Waals surface area contributed by atoms with Gasteiger partial charge in [0.1, 0.15) is 12.5 Å². The number of allylic oxidation sites excluding steroid dienone is 3. The molecule has 8 bridgehead atoms. The van der Waals surface area contributed by atoms with Crippen LogP contribution in [0.5, 0.6) is 0 Å². The number of carbonyl (C=O) groups excluding carboxylic acids is 3. The Morgan fingerprint density at radius 3 is 2.35 bits per heavy atom. The van der Waals surface area contributed by atoms with E-state index in [2.05, 4.69) is 48.1 Å². The molecule has 298 valence electrons. The zero-order valence-electron chi connectivity index (χ0n) is 35.3. The molecule has 10 heteroatoms. The van der Waals surface area contributed by atoms with Crippen LogP contribution in [-0.4, -0.2) is 54.5 Å². The number of nitrogens with zero attached hydrogens (tertiary/aromatic N) is 4. The maximum absolute atomic E-state index is 14.3. The Hall–Kier alpha value is -4.28. The largest absolute Gasteiger partial charge is 2.00 e. The fourth-order valence-electron chi connectivity index (χ4n) is 8.74. The van der Waals surface area contributed by atoms with Gasteiger partial charge >= 0.3 is 35.0 Å². The van der Waals surface area contributed by atoms with Crippen molar-refractivity contribution in [2.45, 2.75) is 107 Å². The number of hydrogen-bond donors (Lipinski definition) is 0. The Kier molecular flexibility index (Phi) is 14.3. The molecule has 0 spiro atoms. The van der Waals surface area contributed by atoms with Crippen LogP contribution in [0.3, 0.4) is 0 Å². The number of methoxy groups -OCH3 is 1. The minimum atomic E-state index is -1.22. The summed E-state index contributed by atoms with van der Waals surface area (Å²) in [6, 6.07) is 0. The fourth-order valence-corrected chi connectivity index (χ4v) is 8.74. The number of fused-ring (bicyclic) bond motifs is 7. The number of aromatic nitrogens is 3. The molecule has 0 N–H and O–H groups in total. The quantitative estimate of drug-likeness (QED) is 0.0712. The maximum Gasteiger partial charge on any atom is 2.00 e. The van der Waals surface area contributed by atoms with E-state index in [-0.39, 0.29) is 59.7 Å². The van der Waals surface area contributed by atoms with Gasteiger partial charge in [-0.25, -0.2) is 0 Å². The first-order chi connectivity index (χ1) is 26.8. The van der Waals surface area contributed by atoms with Crippen LogP contribution in [0.1, 0.15) is 141 Å². The standard InChI is InChI=1S/C47H57N4O5.Mg/c1-11-15-25(4)16-14-17-26(5)20-21-56-40(52)19-18-33-29(8)36-22-34-27(6)31(12-2)38(48-34)23-35-28(7)32(13-3)39(49-35)24-37-30(9)41-45(51-37)42(44(33)50-36)43(46(41)53)47(54)55-10;/h12,20,22-25,29,33,43H,2,11,13-19,21H2,1,3-10H3,(H-,50,51,53);/q-3;+2/p-1/b26-20+,35-23-,36-22-,39-24-;/t25-,29-,33-,43+;/m0./s1. The van der Waals surface area contributed by atoms with Crippen LogP contribution in [-0.2, 0) is 25.5 Å². The zero-order chi connectivity index (χ0) is 40.4. The molecule has 9 nitrogen and oxygen atoms in total. The Morgan fingerprint density at radius 2 is 1.67 bits per heavy atom. The minimum absolute atomic E-state index is 0. The van der Waals surface area contributed by atoms with Crippen LogP contribution < -0.4 is 25.7 Å². The molecule has 0 unspecified atom stereocenters. The molecule has 0 saturated carbocycles. The Morgan fingerprint density at radius 1 is 0.947 bits per heavy atom. The molecule has 5 heterocycles. The third kappa shape index (κ3) is 8.63. The second-order valence-corrected chi connectivity index (χ2v) is 15.9. The van der Waals surface area contributed by atoms with Crippen LogP contribution in [0.4, 0.5) is 0 Å². The first-order valence-electron chi connectivity index (χ1n) is 20.3. The van der Waals surface area contributed by atoms with Crippen LogP contribution in [0, 0.1) is 44.4 Å². The van der Waals surface area contributed by atoms with Gasteiger partial charge in [0.15, 0.2) is 5.78 Å². The molecule has 3 aliphatic rings. The van der Waals surface area contributed by atoms with Crippen molar-refractivity contribution < 1.29 is 23.9 Å². The maximum atomic E-state index is 14.3. The van der Waals surface area contributed by atoms with E-state index in [4.69, 9.17) is 29.7 Å². The Balaban J connectivity index is 0.00000620. The Labute approximate surface area is 353 Å². The molecule has 57 heavy (non-hydrogen) atoms. The van der Waals surface area contributed by atoms with Crippen LogP contribution in [0.15, 0.2) is 29.6 Å². The molecule has 4 atom stereocenters. The monoisotopic (exact) mass is 780 g/mol. The molecule has 0 aromatic carbocycles. The van der Waals surface area contributed by atoms with Crippen molar-refractivity contribution in [1.29, 1.82) is 0 Å². The summed E-state index contributed by atoms with van der Waals surface area (Å²) in [5.41, 5.74) is 10.7. The van der Waals surface area contributed by atoms with Gasteiger partial charge in [0.05, 0.1) is 7.11 Å². The molecule has 2 aliphatic heterocycles. The van der Waals surface area contributed by atoms with Gasteiger partial charge in [-0.1, -0.05) is 111 Å². The van der Waals surface area contributed by atoms with Crippen molar-refractivity contribution in [3.05, 3.63) is 102 Å². The van der Waals surface area contributed by atoms with Gasteiger partial charge in [-0.15, -0.1) is 33.5 Å². The second kappa shape index (κ2) is 18.5. The number of ketones is 1. The molecule has 1 fully saturated rings. The van der Waals surface area contributed by atoms with Crippen molar-refractivity contribution >= 4 is 70.7 Å². The fraction of sp³-hybridized carbons (Fsp3) is 0.468. The van der Waals surface area contributed by atoms with Gasteiger partial charge in [0, 0.05) is 12.0 Å². The van der Waals surface area contributed by atoms with E-state index in [0.29, 0.717) is 40.2 Å². The summed E-state index contributed by atoms with van der Waals surface area (Å²) >= 11 is 0. The predicted octanol–water partition coefficient (Wildman–Crippen LogP) is 7.53. The van der Waals surface area contributed by atoms with Crippen LogP contribution in [0.2, 0.25) is 0 Å². The van der Waals surface area contributed by atoms with Crippen molar-refractivity contribution in [3.8, 4) is 0 Å². The summed E-state index contributed by atoms with van der Waals surface area (Å²) in [7, 11) is 1.29. The third-order valence-electron chi connectivity index (χ3n) is 12.1. The number of carbonyl (C=O) groups is 3. The van der Waals surface area contributed by atoms with Crippen molar-refractivity contribution in [3.63, 3.8) is 0 Å². The van der Waals surface area contributed by atoms with E-state index in [1.165, 1.54) is 31.9 Å². The van der Waals surface area contributed by atoms with E-state index in [9.17, 15) is 14.4 Å². The summed E-state index contributed by atoms with van der Waals surface area (Å²) in [6.45, 7) is 21.1. The molecule has 0 amide bonds. The Bertz CT molecular complexity index is 2280. The predicted molar refractivity (Wildman–Crippen MR) is 228 cm³/mol. The molecular formula is C47H56MgN4O5-2. The topological polar surface area (TPSA) is 126 Å².